The predicted molar refractivity (Wildman–Crippen MR) is 95.7 cm³/mol. The van der Waals surface area contributed by atoms with Crippen LogP contribution >= 0.6 is 0 Å². The molecule has 0 amide bonds. The first-order valence-corrected chi connectivity index (χ1v) is 9.08. The summed E-state index contributed by atoms with van der Waals surface area (Å²) >= 11 is 0. The largest absolute Gasteiger partial charge is 0.471 e. The van der Waals surface area contributed by atoms with Gasteiger partial charge in [0.25, 0.3) is 5.70 Å². The van der Waals surface area contributed by atoms with Gasteiger partial charge in [-0.25, -0.2) is 4.85 Å². The molecular weight excluding hydrogens is 300 g/mol. The first kappa shape index (κ1) is 18.3. The molecule has 0 saturated heterocycles. The number of nitrogens with zero attached hydrogens (tertiary/aromatic N) is 2. The zero-order chi connectivity index (χ0) is 17.5. The molecule has 1 fully saturated rings. The van der Waals surface area contributed by atoms with Crippen LogP contribution in [0.4, 0.5) is 0 Å². The number of esters is 1. The molecule has 0 radical (unpaired) electrons. The second-order valence-electron chi connectivity index (χ2n) is 6.48. The van der Waals surface area contributed by atoms with Gasteiger partial charge in [-0.15, -0.1) is 0 Å². The first-order chi connectivity index (χ1) is 11.6. The lowest BCUT2D eigenvalue weighted by molar-refractivity contribution is -0.138. The van der Waals surface area contributed by atoms with Gasteiger partial charge in [-0.3, -0.25) is 4.79 Å². The standard InChI is InChI=1S/C20H28N2O2/c1-5-7-12-22-15(3)13-17(19(21-4)20(23)24-6-2)14-18(22)16-10-8-9-11-16/h13-14,16H,5-12H2,1-3H3/b19-17+. The Hall–Kier alpha value is -2.02. The highest BCUT2D eigenvalue weighted by Gasteiger charge is 2.28. The van der Waals surface area contributed by atoms with Crippen molar-refractivity contribution in [2.24, 2.45) is 5.92 Å². The molecule has 130 valence electrons. The third-order valence-electron chi connectivity index (χ3n) is 4.77. The number of carbonyl (C=O) groups is 1. The Morgan fingerprint density at radius 1 is 1.33 bits per heavy atom. The molecule has 0 bridgehead atoms. The summed E-state index contributed by atoms with van der Waals surface area (Å²) in [6.45, 7) is 14.7. The third-order valence-corrected chi connectivity index (χ3v) is 4.77. The van der Waals surface area contributed by atoms with Gasteiger partial charge in [0.05, 0.1) is 13.2 Å². The van der Waals surface area contributed by atoms with Crippen LogP contribution in [0.5, 0.6) is 0 Å². The lowest BCUT2D eigenvalue weighted by Gasteiger charge is -2.35. The predicted octanol–water partition coefficient (Wildman–Crippen LogP) is 4.82. The molecule has 1 aliphatic heterocycles. The van der Waals surface area contributed by atoms with E-state index >= 15 is 0 Å². The summed E-state index contributed by atoms with van der Waals surface area (Å²) in [5.74, 6) is 0.0188. The number of carbonyl (C=O) groups excluding carboxylic acids is 1. The zero-order valence-corrected chi connectivity index (χ0v) is 15.1. The van der Waals surface area contributed by atoms with Crippen molar-refractivity contribution in [3.8, 4) is 0 Å². The average Bonchev–Trinajstić information content (AvgIpc) is 3.08. The van der Waals surface area contributed by atoms with Gasteiger partial charge in [0.1, 0.15) is 0 Å². The maximum Gasteiger partial charge on any atom is 0.336 e. The fourth-order valence-corrected chi connectivity index (χ4v) is 3.53. The van der Waals surface area contributed by atoms with Crippen LogP contribution in [0.1, 0.15) is 59.3 Å². The number of ether oxygens (including phenoxy) is 1. The van der Waals surface area contributed by atoms with Crippen LogP contribution in [0.15, 0.2) is 34.8 Å². The maximum atomic E-state index is 12.1. The van der Waals surface area contributed by atoms with E-state index in [9.17, 15) is 4.79 Å². The minimum Gasteiger partial charge on any atom is -0.471 e. The number of hydrogen-bond acceptors (Lipinski definition) is 3. The molecule has 0 aromatic carbocycles. The smallest absolute Gasteiger partial charge is 0.336 e. The molecule has 1 heterocycles. The van der Waals surface area contributed by atoms with Gasteiger partial charge in [-0.1, -0.05) is 26.2 Å². The van der Waals surface area contributed by atoms with Gasteiger partial charge in [0.15, 0.2) is 0 Å². The highest BCUT2D eigenvalue weighted by Crippen LogP contribution is 2.38. The van der Waals surface area contributed by atoms with Crippen LogP contribution < -0.4 is 0 Å². The first-order valence-electron chi connectivity index (χ1n) is 9.08. The Balaban J connectivity index is 2.41. The van der Waals surface area contributed by atoms with Crippen molar-refractivity contribution in [3.63, 3.8) is 0 Å². The van der Waals surface area contributed by atoms with Crippen LogP contribution in [0.25, 0.3) is 4.85 Å². The summed E-state index contributed by atoms with van der Waals surface area (Å²) in [5, 5.41) is 0. The molecule has 0 spiro atoms. The van der Waals surface area contributed by atoms with Gasteiger partial charge in [-0.2, -0.15) is 0 Å². The van der Waals surface area contributed by atoms with E-state index in [0.717, 1.165) is 25.1 Å². The van der Waals surface area contributed by atoms with E-state index in [1.165, 1.54) is 31.4 Å². The van der Waals surface area contributed by atoms with Crippen molar-refractivity contribution < 1.29 is 9.53 Å². The van der Waals surface area contributed by atoms with E-state index in [0.29, 0.717) is 11.5 Å². The van der Waals surface area contributed by atoms with E-state index in [4.69, 9.17) is 11.3 Å². The maximum absolute atomic E-state index is 12.1. The van der Waals surface area contributed by atoms with Crippen molar-refractivity contribution in [2.75, 3.05) is 13.2 Å². The number of allylic oxidation sites excluding steroid dienone is 5. The average molecular weight is 328 g/mol. The van der Waals surface area contributed by atoms with E-state index in [-0.39, 0.29) is 12.3 Å². The van der Waals surface area contributed by atoms with Crippen molar-refractivity contribution in [1.29, 1.82) is 0 Å². The second kappa shape index (κ2) is 8.73. The van der Waals surface area contributed by atoms with Gasteiger partial charge in [0, 0.05) is 17.9 Å². The summed E-state index contributed by atoms with van der Waals surface area (Å²) in [6, 6.07) is 0. The van der Waals surface area contributed by atoms with Crippen LogP contribution in [0.3, 0.4) is 0 Å². The molecule has 1 saturated carbocycles. The van der Waals surface area contributed by atoms with E-state index in [1.54, 1.807) is 6.92 Å². The van der Waals surface area contributed by atoms with Crippen molar-refractivity contribution in [2.45, 2.75) is 59.3 Å². The van der Waals surface area contributed by atoms with Crippen LogP contribution in [0.2, 0.25) is 0 Å². The summed E-state index contributed by atoms with van der Waals surface area (Å²) in [4.78, 5) is 17.9. The van der Waals surface area contributed by atoms with Crippen LogP contribution in [-0.2, 0) is 9.53 Å². The summed E-state index contributed by atoms with van der Waals surface area (Å²) in [7, 11) is 0. The molecule has 0 aromatic rings. The van der Waals surface area contributed by atoms with Gasteiger partial charge >= 0.3 is 5.97 Å². The van der Waals surface area contributed by atoms with Gasteiger partial charge in [-0.05, 0) is 56.8 Å². The molecule has 4 heteroatoms. The molecule has 2 rings (SSSR count). The third kappa shape index (κ3) is 4.08. The number of rotatable bonds is 6. The molecule has 4 nitrogen and oxygen atoms in total. The van der Waals surface area contributed by atoms with Crippen molar-refractivity contribution in [3.05, 3.63) is 46.2 Å². The van der Waals surface area contributed by atoms with E-state index in [1.807, 2.05) is 6.08 Å². The number of unbranched alkanes of at least 4 members (excludes halogenated alkanes) is 1. The van der Waals surface area contributed by atoms with E-state index < -0.39 is 5.97 Å². The summed E-state index contributed by atoms with van der Waals surface area (Å²) in [5.41, 5.74) is 3.20. The molecule has 2 aliphatic rings. The molecule has 0 aromatic heterocycles. The highest BCUT2D eigenvalue weighted by molar-refractivity contribution is 5.92. The Morgan fingerprint density at radius 2 is 2.04 bits per heavy atom. The van der Waals surface area contributed by atoms with Gasteiger partial charge < -0.3 is 9.64 Å². The lowest BCUT2D eigenvalue weighted by atomic mass is 9.95. The Morgan fingerprint density at radius 3 is 2.62 bits per heavy atom. The highest BCUT2D eigenvalue weighted by atomic mass is 16.5. The second-order valence-corrected chi connectivity index (χ2v) is 6.48. The Bertz CT molecular complexity index is 602. The van der Waals surface area contributed by atoms with Crippen molar-refractivity contribution >= 4 is 5.97 Å². The molecule has 1 aliphatic carbocycles. The molecule has 0 unspecified atom stereocenters. The van der Waals surface area contributed by atoms with Crippen LogP contribution in [0, 0.1) is 12.5 Å². The number of hydrogen-bond donors (Lipinski definition) is 0. The van der Waals surface area contributed by atoms with Gasteiger partial charge in [0.2, 0.25) is 0 Å². The van der Waals surface area contributed by atoms with Crippen LogP contribution in [-0.4, -0.2) is 24.0 Å². The minimum absolute atomic E-state index is 0.0989. The molecular formula is C20H28N2O2. The van der Waals surface area contributed by atoms with Crippen molar-refractivity contribution in [1.82, 2.24) is 4.90 Å². The van der Waals surface area contributed by atoms with E-state index in [2.05, 4.69) is 29.7 Å². The zero-order valence-electron chi connectivity index (χ0n) is 15.1. The topological polar surface area (TPSA) is 33.9 Å². The monoisotopic (exact) mass is 328 g/mol. The molecule has 24 heavy (non-hydrogen) atoms. The Labute approximate surface area is 145 Å². The Kier molecular flexibility index (Phi) is 6.66. The SMILES string of the molecule is [C-]#[N+]/C(C(=O)OCC)=C1\C=C(C)N(CCCC)C(C2CCCC2)=C1. The normalized spacial score (nSPS) is 20.3. The molecule has 0 atom stereocenters. The lowest BCUT2D eigenvalue weighted by Crippen LogP contribution is -2.29. The minimum atomic E-state index is -0.518. The molecule has 0 N–H and O–H groups in total. The fraction of sp³-hybridized carbons (Fsp3) is 0.600. The summed E-state index contributed by atoms with van der Waals surface area (Å²) in [6.07, 6.45) is 11.2. The summed E-state index contributed by atoms with van der Waals surface area (Å²) < 4.78 is 5.05. The fourth-order valence-electron chi connectivity index (χ4n) is 3.53. The quantitative estimate of drug-likeness (QED) is 0.398.